The third-order valence-electron chi connectivity index (χ3n) is 2.27. The number of hydrogen-bond acceptors (Lipinski definition) is 0. The van der Waals surface area contributed by atoms with Crippen LogP contribution in [0, 0.1) is 6.92 Å². The summed E-state index contributed by atoms with van der Waals surface area (Å²) in [6.45, 7) is 30.1. The van der Waals surface area contributed by atoms with Gasteiger partial charge in [-0.2, -0.15) is 0 Å². The minimum absolute atomic E-state index is 1.32. The Morgan fingerprint density at radius 2 is 0.364 bits per heavy atom. The maximum atomic E-state index is 2.08. The van der Waals surface area contributed by atoms with Gasteiger partial charge in [0.05, 0.1) is 0 Å². The molecule has 0 nitrogen and oxygen atoms in total. The summed E-state index contributed by atoms with van der Waals surface area (Å²) < 4.78 is 0. The third-order valence-corrected chi connectivity index (χ3v) is 2.27. The molecular formula is C33H62. The summed E-state index contributed by atoms with van der Waals surface area (Å²) in [7, 11) is 0. The van der Waals surface area contributed by atoms with Gasteiger partial charge in [-0.05, 0) is 6.92 Å². The molecule has 0 saturated carbocycles. The molecule has 33 heavy (non-hydrogen) atoms. The van der Waals surface area contributed by atoms with Crippen molar-refractivity contribution >= 4 is 0 Å². The Bertz CT molecular complexity index is 401. The summed E-state index contributed by atoms with van der Waals surface area (Å²) in [4.78, 5) is 0. The third kappa shape index (κ3) is 72.8. The minimum Gasteiger partial charge on any atom is -0.0683 e. The lowest BCUT2D eigenvalue weighted by Crippen LogP contribution is -1.62. The fraction of sp³-hybridized carbons (Fsp3) is 0.455. The fourth-order valence-corrected chi connectivity index (χ4v) is 1.30. The van der Waals surface area contributed by atoms with E-state index in [1.165, 1.54) is 5.56 Å². The molecule has 0 unspecified atom stereocenters. The van der Waals surface area contributed by atoms with Crippen molar-refractivity contribution in [2.45, 2.75) is 104 Å². The van der Waals surface area contributed by atoms with Gasteiger partial charge in [-0.1, -0.05) is 206 Å². The molecule has 3 aromatic rings. The van der Waals surface area contributed by atoms with Gasteiger partial charge in [0.2, 0.25) is 0 Å². The van der Waals surface area contributed by atoms with Crippen LogP contribution < -0.4 is 0 Å². The van der Waals surface area contributed by atoms with E-state index in [4.69, 9.17) is 0 Å². The summed E-state index contributed by atoms with van der Waals surface area (Å²) in [6, 6.07) is 34.3. The van der Waals surface area contributed by atoms with E-state index >= 15 is 0 Å². The lowest BCUT2D eigenvalue weighted by molar-refractivity contribution is 1.48. The Kier molecular flexibility index (Phi) is 114. The predicted octanol–water partition coefficient (Wildman–Crippen LogP) is 12.6. The molecule has 0 atom stereocenters. The molecule has 0 heteroatoms. The van der Waals surface area contributed by atoms with E-state index in [1.54, 1.807) is 0 Å². The van der Waals surface area contributed by atoms with Crippen LogP contribution in [-0.2, 0) is 0 Å². The van der Waals surface area contributed by atoms with Gasteiger partial charge in [-0.15, -0.1) is 0 Å². The Hall–Kier alpha value is -2.34. The molecule has 0 aromatic heterocycles. The molecule has 3 aromatic carbocycles. The van der Waals surface area contributed by atoms with Crippen molar-refractivity contribution in [2.24, 2.45) is 0 Å². The smallest absolute Gasteiger partial charge is 0.0398 e. The molecule has 0 heterocycles. The van der Waals surface area contributed by atoms with Crippen molar-refractivity contribution < 1.29 is 0 Å². The topological polar surface area (TPSA) is 0 Å². The zero-order valence-corrected chi connectivity index (χ0v) is 25.3. The van der Waals surface area contributed by atoms with Crippen LogP contribution in [-0.4, -0.2) is 0 Å². The van der Waals surface area contributed by atoms with E-state index in [-0.39, 0.29) is 0 Å². The van der Waals surface area contributed by atoms with Gasteiger partial charge >= 0.3 is 0 Å². The van der Waals surface area contributed by atoms with E-state index in [0.717, 1.165) is 0 Å². The van der Waals surface area contributed by atoms with Crippen molar-refractivity contribution in [3.8, 4) is 0 Å². The van der Waals surface area contributed by atoms with Gasteiger partial charge in [0.1, 0.15) is 0 Å². The first kappa shape index (κ1) is 48.2. The molecule has 0 aliphatic carbocycles. The highest BCUT2D eigenvalue weighted by Crippen LogP contribution is 1.92. The maximum Gasteiger partial charge on any atom is -0.0398 e. The molecule has 0 fully saturated rings. The van der Waals surface area contributed by atoms with Crippen LogP contribution >= 0.6 is 0 Å². The number of rotatable bonds is 0. The molecular weight excluding hydrogens is 396 g/mol. The van der Waals surface area contributed by atoms with Gasteiger partial charge in [0.25, 0.3) is 0 Å². The van der Waals surface area contributed by atoms with Crippen LogP contribution in [0.1, 0.15) is 102 Å². The number of aryl methyl sites for hydroxylation is 1. The summed E-state index contributed by atoms with van der Waals surface area (Å²) in [5, 5.41) is 0. The van der Waals surface area contributed by atoms with Crippen LogP contribution in [0.3, 0.4) is 0 Å². The number of hydrogen-bond donors (Lipinski definition) is 0. The van der Waals surface area contributed by atoms with Crippen molar-refractivity contribution in [3.05, 3.63) is 109 Å². The second-order valence-corrected chi connectivity index (χ2v) is 3.96. The second kappa shape index (κ2) is 78.1. The Morgan fingerprint density at radius 3 is 0.455 bits per heavy atom. The molecule has 0 amide bonds. The predicted molar refractivity (Wildman–Crippen MR) is 163 cm³/mol. The quantitative estimate of drug-likeness (QED) is 0.314. The van der Waals surface area contributed by atoms with Crippen molar-refractivity contribution in [3.63, 3.8) is 0 Å². The van der Waals surface area contributed by atoms with E-state index < -0.39 is 0 Å². The fourth-order valence-electron chi connectivity index (χ4n) is 1.30. The zero-order valence-electron chi connectivity index (χ0n) is 25.3. The lowest BCUT2D eigenvalue weighted by Gasteiger charge is -1.82. The lowest BCUT2D eigenvalue weighted by atomic mass is 10.2. The molecule has 3 rings (SSSR count). The van der Waals surface area contributed by atoms with Gasteiger partial charge in [-0.25, -0.2) is 0 Å². The average molecular weight is 459 g/mol. The van der Waals surface area contributed by atoms with E-state index in [2.05, 4.69) is 19.1 Å². The highest BCUT2D eigenvalue weighted by molar-refractivity contribution is 5.11. The average Bonchev–Trinajstić information content (AvgIpc) is 2.99. The maximum absolute atomic E-state index is 2.08. The molecule has 0 aliphatic heterocycles. The van der Waals surface area contributed by atoms with E-state index in [0.29, 0.717) is 0 Å². The summed E-state index contributed by atoms with van der Waals surface area (Å²) in [5.41, 5.74) is 1.32. The first-order valence-electron chi connectivity index (χ1n) is 13.4. The normalized spacial score (nSPS) is 6.03. The van der Waals surface area contributed by atoms with Crippen molar-refractivity contribution in [1.29, 1.82) is 0 Å². The van der Waals surface area contributed by atoms with Gasteiger partial charge in [-0.3, -0.25) is 0 Å². The van der Waals surface area contributed by atoms with Gasteiger partial charge < -0.3 is 0 Å². The highest BCUT2D eigenvalue weighted by Gasteiger charge is 1.72. The first-order valence-corrected chi connectivity index (χ1v) is 13.4. The minimum atomic E-state index is 1.32. The van der Waals surface area contributed by atoms with Crippen molar-refractivity contribution in [1.82, 2.24) is 0 Å². The standard InChI is InChI=1S/C7H8.2C6H6.7C2H6/c1-7-5-3-2-4-6-7;2*1-2-4-6-5-3-1;7*1-2/h2-6H,1H3;2*1-6H;7*1-2H3. The largest absolute Gasteiger partial charge is 0.0683 e. The summed E-state index contributed by atoms with van der Waals surface area (Å²) >= 11 is 0. The van der Waals surface area contributed by atoms with E-state index in [1.807, 2.05) is 188 Å². The Balaban J connectivity index is -0.0000000489. The molecule has 0 bridgehead atoms. The Labute approximate surface area is 212 Å². The van der Waals surface area contributed by atoms with E-state index in [9.17, 15) is 0 Å². The SMILES string of the molecule is CC.CC.CC.CC.CC.CC.CC.Cc1ccccc1.c1ccccc1.c1ccccc1. The second-order valence-electron chi connectivity index (χ2n) is 3.96. The Morgan fingerprint density at radius 1 is 0.242 bits per heavy atom. The first-order chi connectivity index (χ1) is 16.4. The molecule has 194 valence electrons. The molecule has 0 saturated heterocycles. The summed E-state index contributed by atoms with van der Waals surface area (Å²) in [5.74, 6) is 0. The van der Waals surface area contributed by atoms with Gasteiger partial charge in [0.15, 0.2) is 0 Å². The summed E-state index contributed by atoms with van der Waals surface area (Å²) in [6.07, 6.45) is 0. The highest BCUT2D eigenvalue weighted by atomic mass is 13.8. The van der Waals surface area contributed by atoms with Crippen LogP contribution in [0.2, 0.25) is 0 Å². The van der Waals surface area contributed by atoms with Crippen molar-refractivity contribution in [2.75, 3.05) is 0 Å². The van der Waals surface area contributed by atoms with Gasteiger partial charge in [0, 0.05) is 0 Å². The van der Waals surface area contributed by atoms with Crippen LogP contribution in [0.5, 0.6) is 0 Å². The van der Waals surface area contributed by atoms with Crippen LogP contribution in [0.15, 0.2) is 103 Å². The molecule has 0 spiro atoms. The zero-order chi connectivity index (χ0) is 27.6. The van der Waals surface area contributed by atoms with Crippen LogP contribution in [0.4, 0.5) is 0 Å². The molecule has 0 radical (unpaired) electrons. The molecule has 0 aliphatic rings. The monoisotopic (exact) mass is 458 g/mol. The van der Waals surface area contributed by atoms with Crippen LogP contribution in [0.25, 0.3) is 0 Å². The number of benzene rings is 3. The molecule has 0 N–H and O–H groups in total.